The maximum atomic E-state index is 12.9. The van der Waals surface area contributed by atoms with Gasteiger partial charge in [0.05, 0.1) is 6.04 Å². The molecule has 1 aromatic heterocycles. The van der Waals surface area contributed by atoms with E-state index in [1.807, 2.05) is 4.68 Å². The Morgan fingerprint density at radius 2 is 2.00 bits per heavy atom. The van der Waals surface area contributed by atoms with Crippen molar-refractivity contribution in [3.05, 3.63) is 35.6 Å². The summed E-state index contributed by atoms with van der Waals surface area (Å²) in [4.78, 5) is 0. The van der Waals surface area contributed by atoms with Gasteiger partial charge in [-0.25, -0.2) is 9.07 Å². The summed E-state index contributed by atoms with van der Waals surface area (Å²) in [7, 11) is 0. The maximum Gasteiger partial charge on any atom is 0.209 e. The van der Waals surface area contributed by atoms with Crippen LogP contribution in [-0.4, -0.2) is 26.0 Å². The lowest BCUT2D eigenvalue weighted by Crippen LogP contribution is -2.14. The number of benzene rings is 1. The molecule has 1 fully saturated rings. The SMILES string of the molecule is NC(CSc1nnnn1C1CCCC1)c1ccc(F)cc1. The molecular formula is C14H18FN5S. The molecule has 0 bridgehead atoms. The van der Waals surface area contributed by atoms with Gasteiger partial charge in [-0.3, -0.25) is 0 Å². The van der Waals surface area contributed by atoms with E-state index < -0.39 is 0 Å². The number of halogens is 1. The molecule has 0 saturated heterocycles. The van der Waals surface area contributed by atoms with Crippen LogP contribution in [0.2, 0.25) is 0 Å². The first-order chi connectivity index (χ1) is 10.2. The molecule has 1 heterocycles. The van der Waals surface area contributed by atoms with Gasteiger partial charge in [0.25, 0.3) is 0 Å². The van der Waals surface area contributed by atoms with Crippen molar-refractivity contribution in [1.29, 1.82) is 0 Å². The van der Waals surface area contributed by atoms with Gasteiger partial charge in [-0.15, -0.1) is 5.10 Å². The molecule has 2 N–H and O–H groups in total. The normalized spacial score (nSPS) is 17.2. The topological polar surface area (TPSA) is 69.6 Å². The summed E-state index contributed by atoms with van der Waals surface area (Å²) in [6.07, 6.45) is 4.76. The van der Waals surface area contributed by atoms with E-state index in [1.54, 1.807) is 23.9 Å². The number of rotatable bonds is 5. The van der Waals surface area contributed by atoms with Crippen molar-refractivity contribution < 1.29 is 4.39 Å². The Hall–Kier alpha value is -1.47. The summed E-state index contributed by atoms with van der Waals surface area (Å²) in [5.74, 6) is 0.419. The van der Waals surface area contributed by atoms with Gasteiger partial charge in [-0.2, -0.15) is 0 Å². The van der Waals surface area contributed by atoms with Crippen molar-refractivity contribution in [2.24, 2.45) is 5.73 Å². The van der Waals surface area contributed by atoms with Crippen LogP contribution in [0.25, 0.3) is 0 Å². The summed E-state index contributed by atoms with van der Waals surface area (Å²) < 4.78 is 14.8. The lowest BCUT2D eigenvalue weighted by Gasteiger charge is -2.13. The van der Waals surface area contributed by atoms with Crippen molar-refractivity contribution in [2.45, 2.75) is 42.9 Å². The van der Waals surface area contributed by atoms with E-state index >= 15 is 0 Å². The summed E-state index contributed by atoms with van der Waals surface area (Å²) in [5, 5.41) is 12.8. The molecule has 3 rings (SSSR count). The number of hydrogen-bond donors (Lipinski definition) is 1. The zero-order chi connectivity index (χ0) is 14.7. The maximum absolute atomic E-state index is 12.9. The van der Waals surface area contributed by atoms with Crippen LogP contribution in [0, 0.1) is 5.82 Å². The lowest BCUT2D eigenvalue weighted by atomic mass is 10.1. The number of thioether (sulfide) groups is 1. The monoisotopic (exact) mass is 307 g/mol. The Morgan fingerprint density at radius 1 is 1.29 bits per heavy atom. The summed E-state index contributed by atoms with van der Waals surface area (Å²) in [5.41, 5.74) is 7.06. The largest absolute Gasteiger partial charge is 0.323 e. The van der Waals surface area contributed by atoms with E-state index in [-0.39, 0.29) is 11.9 Å². The molecule has 21 heavy (non-hydrogen) atoms. The first-order valence-electron chi connectivity index (χ1n) is 7.16. The minimum absolute atomic E-state index is 0.163. The van der Waals surface area contributed by atoms with Crippen LogP contribution in [0.3, 0.4) is 0 Å². The second kappa shape index (κ2) is 6.53. The van der Waals surface area contributed by atoms with Gasteiger partial charge in [0.2, 0.25) is 5.16 Å². The van der Waals surface area contributed by atoms with E-state index in [0.717, 1.165) is 23.6 Å². The predicted molar refractivity (Wildman–Crippen MR) is 79.4 cm³/mol. The van der Waals surface area contributed by atoms with Crippen LogP contribution in [0.4, 0.5) is 4.39 Å². The summed E-state index contributed by atoms with van der Waals surface area (Å²) in [6.45, 7) is 0. The predicted octanol–water partition coefficient (Wildman–Crippen LogP) is 2.72. The molecule has 1 aliphatic rings. The number of nitrogens with two attached hydrogens (primary N) is 1. The van der Waals surface area contributed by atoms with Gasteiger partial charge in [-0.05, 0) is 41.0 Å². The average Bonchev–Trinajstić information content (AvgIpc) is 3.16. The number of aromatic nitrogens is 4. The molecule has 0 radical (unpaired) electrons. The van der Waals surface area contributed by atoms with E-state index in [4.69, 9.17) is 5.73 Å². The highest BCUT2D eigenvalue weighted by atomic mass is 32.2. The molecule has 0 amide bonds. The third-order valence-corrected chi connectivity index (χ3v) is 4.88. The third kappa shape index (κ3) is 3.41. The van der Waals surface area contributed by atoms with Crippen molar-refractivity contribution >= 4 is 11.8 Å². The van der Waals surface area contributed by atoms with Crippen molar-refractivity contribution in [3.63, 3.8) is 0 Å². The van der Waals surface area contributed by atoms with Crippen LogP contribution >= 0.6 is 11.8 Å². The lowest BCUT2D eigenvalue weighted by molar-refractivity contribution is 0.423. The minimum Gasteiger partial charge on any atom is -0.323 e. The van der Waals surface area contributed by atoms with E-state index in [1.165, 1.54) is 25.0 Å². The van der Waals surface area contributed by atoms with Crippen LogP contribution in [0.15, 0.2) is 29.4 Å². The second-order valence-electron chi connectivity index (χ2n) is 5.31. The van der Waals surface area contributed by atoms with E-state index in [9.17, 15) is 4.39 Å². The van der Waals surface area contributed by atoms with Crippen LogP contribution in [0.1, 0.15) is 43.3 Å². The van der Waals surface area contributed by atoms with Gasteiger partial charge in [-0.1, -0.05) is 36.7 Å². The van der Waals surface area contributed by atoms with Crippen LogP contribution < -0.4 is 5.73 Å². The molecule has 5 nitrogen and oxygen atoms in total. The highest BCUT2D eigenvalue weighted by molar-refractivity contribution is 7.99. The Kier molecular flexibility index (Phi) is 4.50. The Balaban J connectivity index is 1.62. The van der Waals surface area contributed by atoms with Crippen molar-refractivity contribution in [1.82, 2.24) is 20.2 Å². The first kappa shape index (κ1) is 14.5. The zero-order valence-electron chi connectivity index (χ0n) is 11.7. The quantitative estimate of drug-likeness (QED) is 0.860. The van der Waals surface area contributed by atoms with Gasteiger partial charge in [0.15, 0.2) is 0 Å². The zero-order valence-corrected chi connectivity index (χ0v) is 12.5. The van der Waals surface area contributed by atoms with E-state index in [0.29, 0.717) is 11.8 Å². The second-order valence-corrected chi connectivity index (χ2v) is 6.30. The molecule has 1 saturated carbocycles. The van der Waals surface area contributed by atoms with Gasteiger partial charge in [0, 0.05) is 11.8 Å². The molecule has 1 unspecified atom stereocenters. The Bertz CT molecular complexity index is 579. The average molecular weight is 307 g/mol. The van der Waals surface area contributed by atoms with E-state index in [2.05, 4.69) is 15.5 Å². The van der Waals surface area contributed by atoms with Gasteiger partial charge in [0.1, 0.15) is 5.82 Å². The Labute approximate surface area is 127 Å². The summed E-state index contributed by atoms with van der Waals surface area (Å²) in [6, 6.07) is 6.57. The molecular weight excluding hydrogens is 289 g/mol. The van der Waals surface area contributed by atoms with Gasteiger partial charge < -0.3 is 5.73 Å². The van der Waals surface area contributed by atoms with Crippen molar-refractivity contribution in [3.8, 4) is 0 Å². The molecule has 0 aliphatic heterocycles. The number of hydrogen-bond acceptors (Lipinski definition) is 5. The fourth-order valence-electron chi connectivity index (χ4n) is 2.63. The molecule has 1 atom stereocenters. The van der Waals surface area contributed by atoms with Crippen LogP contribution in [-0.2, 0) is 0 Å². The minimum atomic E-state index is -0.247. The highest BCUT2D eigenvalue weighted by Gasteiger charge is 2.22. The smallest absolute Gasteiger partial charge is 0.209 e. The van der Waals surface area contributed by atoms with Crippen molar-refractivity contribution in [2.75, 3.05) is 5.75 Å². The third-order valence-electron chi connectivity index (χ3n) is 3.82. The highest BCUT2D eigenvalue weighted by Crippen LogP contribution is 2.32. The fraction of sp³-hybridized carbons (Fsp3) is 0.500. The van der Waals surface area contributed by atoms with Crippen LogP contribution in [0.5, 0.6) is 0 Å². The Morgan fingerprint density at radius 3 is 2.71 bits per heavy atom. The molecule has 2 aromatic rings. The number of tetrazole rings is 1. The molecule has 1 aliphatic carbocycles. The standard InChI is InChI=1S/C14H18FN5S/c15-11-7-5-10(6-8-11)13(16)9-21-14-17-18-19-20(14)12-3-1-2-4-12/h5-8,12-13H,1-4,9,16H2. The van der Waals surface area contributed by atoms with Gasteiger partial charge >= 0.3 is 0 Å². The molecule has 1 aromatic carbocycles. The molecule has 0 spiro atoms. The molecule has 7 heteroatoms. The first-order valence-corrected chi connectivity index (χ1v) is 8.14. The number of nitrogens with zero attached hydrogens (tertiary/aromatic N) is 4. The molecule has 112 valence electrons. The summed E-state index contributed by atoms with van der Waals surface area (Å²) >= 11 is 1.56. The fourth-order valence-corrected chi connectivity index (χ4v) is 3.56.